The number of anilines is 1. The Morgan fingerprint density at radius 3 is 2.57 bits per heavy atom. The normalized spacial score (nSPS) is 9.76. The van der Waals surface area contributed by atoms with Gasteiger partial charge in [0.25, 0.3) is 5.91 Å². The van der Waals surface area contributed by atoms with Crippen LogP contribution in [0.1, 0.15) is 21.5 Å². The van der Waals surface area contributed by atoms with Crippen molar-refractivity contribution in [2.45, 2.75) is 6.54 Å². The van der Waals surface area contributed by atoms with Crippen LogP contribution >= 0.6 is 0 Å². The van der Waals surface area contributed by atoms with Crippen molar-refractivity contribution in [3.63, 3.8) is 0 Å². The molecule has 0 aliphatic carbocycles. The molecule has 0 aliphatic rings. The van der Waals surface area contributed by atoms with Crippen LogP contribution in [0.25, 0.3) is 0 Å². The third kappa shape index (κ3) is 3.57. The van der Waals surface area contributed by atoms with E-state index < -0.39 is 5.82 Å². The summed E-state index contributed by atoms with van der Waals surface area (Å²) >= 11 is 0. The SMILES string of the molecule is CNC(=O)c1ccc(NCc2ccc(F)c(C#N)c2)cc1. The maximum atomic E-state index is 13.2. The van der Waals surface area contributed by atoms with Crippen molar-refractivity contribution in [1.29, 1.82) is 5.26 Å². The highest BCUT2D eigenvalue weighted by molar-refractivity contribution is 5.94. The Kier molecular flexibility index (Phi) is 4.52. The quantitative estimate of drug-likeness (QED) is 0.906. The predicted octanol–water partition coefficient (Wildman–Crippen LogP) is 2.67. The molecule has 106 valence electrons. The van der Waals surface area contributed by atoms with Crippen LogP contribution in [0.4, 0.5) is 10.1 Å². The number of rotatable bonds is 4. The van der Waals surface area contributed by atoms with Crippen LogP contribution in [0.2, 0.25) is 0 Å². The predicted molar refractivity (Wildman–Crippen MR) is 78.3 cm³/mol. The average molecular weight is 283 g/mol. The Balaban J connectivity index is 2.03. The molecular formula is C16H14FN3O. The fourth-order valence-corrected chi connectivity index (χ4v) is 1.86. The summed E-state index contributed by atoms with van der Waals surface area (Å²) in [4.78, 5) is 11.4. The van der Waals surface area contributed by atoms with Crippen LogP contribution in [0.3, 0.4) is 0 Å². The van der Waals surface area contributed by atoms with Crippen molar-refractivity contribution in [1.82, 2.24) is 5.32 Å². The summed E-state index contributed by atoms with van der Waals surface area (Å²) in [5.41, 5.74) is 2.26. The molecule has 0 fully saturated rings. The molecule has 2 rings (SSSR count). The fraction of sp³-hybridized carbons (Fsp3) is 0.125. The first-order chi connectivity index (χ1) is 10.1. The van der Waals surface area contributed by atoms with Crippen LogP contribution in [-0.2, 0) is 6.54 Å². The summed E-state index contributed by atoms with van der Waals surface area (Å²) in [7, 11) is 1.58. The number of hydrogen-bond donors (Lipinski definition) is 2. The lowest BCUT2D eigenvalue weighted by Gasteiger charge is -2.08. The van der Waals surface area contributed by atoms with Crippen molar-refractivity contribution in [2.24, 2.45) is 0 Å². The van der Waals surface area contributed by atoms with Gasteiger partial charge in [0.15, 0.2) is 0 Å². The largest absolute Gasteiger partial charge is 0.381 e. The molecule has 5 heteroatoms. The van der Waals surface area contributed by atoms with Gasteiger partial charge in [0.2, 0.25) is 0 Å². The van der Waals surface area contributed by atoms with Crippen molar-refractivity contribution in [3.05, 3.63) is 65.0 Å². The van der Waals surface area contributed by atoms with E-state index in [0.29, 0.717) is 12.1 Å². The number of nitriles is 1. The lowest BCUT2D eigenvalue weighted by Crippen LogP contribution is -2.17. The number of nitrogens with one attached hydrogen (secondary N) is 2. The first kappa shape index (κ1) is 14.5. The van der Waals surface area contributed by atoms with Gasteiger partial charge >= 0.3 is 0 Å². The molecule has 0 unspecified atom stereocenters. The molecule has 1 amide bonds. The minimum absolute atomic E-state index is 0.0317. The van der Waals surface area contributed by atoms with E-state index in [2.05, 4.69) is 10.6 Å². The first-order valence-corrected chi connectivity index (χ1v) is 6.38. The molecule has 0 aromatic heterocycles. The van der Waals surface area contributed by atoms with Crippen molar-refractivity contribution in [2.75, 3.05) is 12.4 Å². The van der Waals surface area contributed by atoms with E-state index >= 15 is 0 Å². The van der Waals surface area contributed by atoms with Crippen LogP contribution < -0.4 is 10.6 Å². The molecule has 0 radical (unpaired) electrons. The Morgan fingerprint density at radius 2 is 1.95 bits per heavy atom. The summed E-state index contributed by atoms with van der Waals surface area (Å²) < 4.78 is 13.2. The highest BCUT2D eigenvalue weighted by atomic mass is 19.1. The van der Waals surface area contributed by atoms with Gasteiger partial charge in [-0.1, -0.05) is 6.07 Å². The second-order valence-electron chi connectivity index (χ2n) is 4.44. The van der Waals surface area contributed by atoms with Crippen LogP contribution in [-0.4, -0.2) is 13.0 Å². The Morgan fingerprint density at radius 1 is 1.24 bits per heavy atom. The van der Waals surface area contributed by atoms with Crippen LogP contribution in [0, 0.1) is 17.1 Å². The molecule has 0 bridgehead atoms. The van der Waals surface area contributed by atoms with E-state index in [1.165, 1.54) is 12.1 Å². The molecular weight excluding hydrogens is 269 g/mol. The number of carbonyl (C=O) groups excluding carboxylic acids is 1. The van der Waals surface area contributed by atoms with Crippen molar-refractivity contribution < 1.29 is 9.18 Å². The summed E-state index contributed by atoms with van der Waals surface area (Å²) in [6, 6.07) is 13.2. The number of hydrogen-bond acceptors (Lipinski definition) is 3. The molecule has 2 aromatic rings. The maximum absolute atomic E-state index is 13.2. The van der Waals surface area contributed by atoms with E-state index in [9.17, 15) is 9.18 Å². The van der Waals surface area contributed by atoms with E-state index in [1.54, 1.807) is 37.4 Å². The smallest absolute Gasteiger partial charge is 0.251 e. The Hall–Kier alpha value is -2.87. The van der Waals surface area contributed by atoms with Gasteiger partial charge in [0.1, 0.15) is 11.9 Å². The average Bonchev–Trinajstić information content (AvgIpc) is 2.53. The summed E-state index contributed by atoms with van der Waals surface area (Å²) in [5, 5.41) is 14.5. The second kappa shape index (κ2) is 6.53. The van der Waals surface area contributed by atoms with Gasteiger partial charge in [0.05, 0.1) is 5.56 Å². The zero-order chi connectivity index (χ0) is 15.2. The molecule has 0 spiro atoms. The van der Waals surface area contributed by atoms with Gasteiger partial charge < -0.3 is 10.6 Å². The molecule has 4 nitrogen and oxygen atoms in total. The molecule has 0 atom stereocenters. The molecule has 21 heavy (non-hydrogen) atoms. The zero-order valence-corrected chi connectivity index (χ0v) is 11.5. The van der Waals surface area contributed by atoms with Gasteiger partial charge in [-0.2, -0.15) is 5.26 Å². The molecule has 0 saturated heterocycles. The number of benzene rings is 2. The molecule has 2 aromatic carbocycles. The Bertz CT molecular complexity index is 690. The van der Waals surface area contributed by atoms with Crippen LogP contribution in [0.5, 0.6) is 0 Å². The lowest BCUT2D eigenvalue weighted by molar-refractivity contribution is 0.0963. The third-order valence-electron chi connectivity index (χ3n) is 3.02. The molecule has 0 aliphatic heterocycles. The number of halogens is 1. The fourth-order valence-electron chi connectivity index (χ4n) is 1.86. The van der Waals surface area contributed by atoms with Gasteiger partial charge in [0, 0.05) is 24.8 Å². The van der Waals surface area contributed by atoms with Gasteiger partial charge in [-0.25, -0.2) is 4.39 Å². The standard InChI is InChI=1S/C16H14FN3O/c1-19-16(21)12-3-5-14(6-4-12)20-10-11-2-7-15(17)13(8-11)9-18/h2-8,20H,10H2,1H3,(H,19,21). The zero-order valence-electron chi connectivity index (χ0n) is 11.5. The lowest BCUT2D eigenvalue weighted by atomic mass is 10.1. The van der Waals surface area contributed by atoms with Gasteiger partial charge in [-0.05, 0) is 42.0 Å². The molecule has 0 saturated carbocycles. The van der Waals surface area contributed by atoms with E-state index in [0.717, 1.165) is 11.3 Å². The first-order valence-electron chi connectivity index (χ1n) is 6.38. The second-order valence-corrected chi connectivity index (χ2v) is 4.44. The van der Waals surface area contributed by atoms with Gasteiger partial charge in [-0.3, -0.25) is 4.79 Å². The number of carbonyl (C=O) groups is 1. The Labute approximate surface area is 122 Å². The topological polar surface area (TPSA) is 64.9 Å². The van der Waals surface area contributed by atoms with Crippen molar-refractivity contribution >= 4 is 11.6 Å². The minimum atomic E-state index is -0.517. The summed E-state index contributed by atoms with van der Waals surface area (Å²) in [6.07, 6.45) is 0. The van der Waals surface area contributed by atoms with E-state index in [-0.39, 0.29) is 11.5 Å². The summed E-state index contributed by atoms with van der Waals surface area (Å²) in [5.74, 6) is -0.657. The van der Waals surface area contributed by atoms with Crippen molar-refractivity contribution in [3.8, 4) is 6.07 Å². The maximum Gasteiger partial charge on any atom is 0.251 e. The number of nitrogens with zero attached hydrogens (tertiary/aromatic N) is 1. The van der Waals surface area contributed by atoms with E-state index in [4.69, 9.17) is 5.26 Å². The highest BCUT2D eigenvalue weighted by Gasteiger charge is 2.04. The van der Waals surface area contributed by atoms with Crippen LogP contribution in [0.15, 0.2) is 42.5 Å². The third-order valence-corrected chi connectivity index (χ3v) is 3.02. The molecule has 0 heterocycles. The monoisotopic (exact) mass is 283 g/mol. The molecule has 2 N–H and O–H groups in total. The highest BCUT2D eigenvalue weighted by Crippen LogP contribution is 2.13. The minimum Gasteiger partial charge on any atom is -0.381 e. The number of amides is 1. The van der Waals surface area contributed by atoms with Gasteiger partial charge in [-0.15, -0.1) is 0 Å². The van der Waals surface area contributed by atoms with E-state index in [1.807, 2.05) is 6.07 Å². The summed E-state index contributed by atoms with van der Waals surface area (Å²) in [6.45, 7) is 0.467.